The summed E-state index contributed by atoms with van der Waals surface area (Å²) in [6.45, 7) is 0.507. The maximum absolute atomic E-state index is 8.73. The predicted octanol–water partition coefficient (Wildman–Crippen LogP) is 1.08. The highest BCUT2D eigenvalue weighted by molar-refractivity contribution is 5.89. The van der Waals surface area contributed by atoms with Crippen molar-refractivity contribution in [3.8, 4) is 0 Å². The number of nitrogens with one attached hydrogen (secondary N) is 2. The number of hydrogen-bond donors (Lipinski definition) is 3. The Bertz CT molecular complexity index is 486. The Balaban J connectivity index is 2.46. The molecular formula is C11H14N4O. The molecule has 0 aliphatic heterocycles. The average molecular weight is 218 g/mol. The highest BCUT2D eigenvalue weighted by Crippen LogP contribution is 2.20. The summed E-state index contributed by atoms with van der Waals surface area (Å²) in [4.78, 5) is 8.66. The molecule has 2 aromatic rings. The van der Waals surface area contributed by atoms with E-state index in [1.165, 1.54) is 0 Å². The van der Waals surface area contributed by atoms with Gasteiger partial charge in [0.1, 0.15) is 5.82 Å². The number of aliphatic hydroxyl groups excluding tert-OH is 1. The van der Waals surface area contributed by atoms with Crippen LogP contribution in [-0.2, 0) is 0 Å². The van der Waals surface area contributed by atoms with E-state index in [0.29, 0.717) is 12.5 Å². The zero-order chi connectivity index (χ0) is 11.4. The number of hydrogen-bond acceptors (Lipinski definition) is 5. The quantitative estimate of drug-likeness (QED) is 0.716. The van der Waals surface area contributed by atoms with E-state index in [0.717, 1.165) is 16.7 Å². The van der Waals surface area contributed by atoms with Crippen molar-refractivity contribution in [3.63, 3.8) is 0 Å². The van der Waals surface area contributed by atoms with E-state index in [1.807, 2.05) is 31.3 Å². The molecule has 0 aliphatic rings. The second-order valence-electron chi connectivity index (χ2n) is 3.31. The van der Waals surface area contributed by atoms with Crippen molar-refractivity contribution in [3.05, 3.63) is 24.3 Å². The minimum Gasteiger partial charge on any atom is -0.395 e. The van der Waals surface area contributed by atoms with Crippen LogP contribution < -0.4 is 10.6 Å². The number of fused-ring (bicyclic) bond motifs is 1. The molecule has 3 N–H and O–H groups in total. The van der Waals surface area contributed by atoms with Gasteiger partial charge in [-0.05, 0) is 12.1 Å². The Morgan fingerprint density at radius 3 is 2.81 bits per heavy atom. The number of nitrogens with zero attached hydrogens (tertiary/aromatic N) is 2. The maximum Gasteiger partial charge on any atom is 0.225 e. The summed E-state index contributed by atoms with van der Waals surface area (Å²) in [5, 5.41) is 15.7. The van der Waals surface area contributed by atoms with Crippen molar-refractivity contribution in [2.24, 2.45) is 0 Å². The average Bonchev–Trinajstić information content (AvgIpc) is 2.35. The summed E-state index contributed by atoms with van der Waals surface area (Å²) in [6.07, 6.45) is 0. The highest BCUT2D eigenvalue weighted by atomic mass is 16.3. The van der Waals surface area contributed by atoms with Crippen molar-refractivity contribution in [2.75, 3.05) is 30.8 Å². The van der Waals surface area contributed by atoms with Gasteiger partial charge in [0.25, 0.3) is 0 Å². The first-order valence-corrected chi connectivity index (χ1v) is 5.14. The highest BCUT2D eigenvalue weighted by Gasteiger charge is 2.04. The predicted molar refractivity (Wildman–Crippen MR) is 64.7 cm³/mol. The lowest BCUT2D eigenvalue weighted by Crippen LogP contribution is -2.09. The van der Waals surface area contributed by atoms with Gasteiger partial charge in [-0.1, -0.05) is 12.1 Å². The largest absolute Gasteiger partial charge is 0.395 e. The number of rotatable bonds is 4. The molecule has 1 heterocycles. The van der Waals surface area contributed by atoms with Crippen LogP contribution in [-0.4, -0.2) is 35.3 Å². The Hall–Kier alpha value is -1.88. The number of para-hydroxylation sites is 1. The summed E-state index contributed by atoms with van der Waals surface area (Å²) >= 11 is 0. The lowest BCUT2D eigenvalue weighted by Gasteiger charge is -2.08. The lowest BCUT2D eigenvalue weighted by atomic mass is 10.2. The second kappa shape index (κ2) is 4.76. The Kier molecular flexibility index (Phi) is 3.16. The SMILES string of the molecule is CNc1nc(NCCO)nc2ccccc12. The van der Waals surface area contributed by atoms with E-state index in [1.54, 1.807) is 0 Å². The Morgan fingerprint density at radius 1 is 1.25 bits per heavy atom. The normalized spacial score (nSPS) is 10.4. The third kappa shape index (κ3) is 2.04. The van der Waals surface area contributed by atoms with Gasteiger partial charge in [0.05, 0.1) is 12.1 Å². The summed E-state index contributed by atoms with van der Waals surface area (Å²) in [5.41, 5.74) is 0.877. The fourth-order valence-electron chi connectivity index (χ4n) is 1.51. The first-order chi connectivity index (χ1) is 7.85. The molecule has 84 valence electrons. The fraction of sp³-hybridized carbons (Fsp3) is 0.273. The van der Waals surface area contributed by atoms with E-state index in [2.05, 4.69) is 20.6 Å². The summed E-state index contributed by atoms with van der Waals surface area (Å²) in [7, 11) is 1.82. The molecule has 0 atom stereocenters. The third-order valence-electron chi connectivity index (χ3n) is 2.23. The van der Waals surface area contributed by atoms with Crippen LogP contribution in [0.5, 0.6) is 0 Å². The van der Waals surface area contributed by atoms with Crippen molar-refractivity contribution < 1.29 is 5.11 Å². The van der Waals surface area contributed by atoms with Crippen molar-refractivity contribution in [2.45, 2.75) is 0 Å². The number of anilines is 2. The molecule has 1 aromatic heterocycles. The number of aliphatic hydroxyl groups is 1. The molecule has 0 saturated heterocycles. The molecule has 0 fully saturated rings. The lowest BCUT2D eigenvalue weighted by molar-refractivity contribution is 0.311. The third-order valence-corrected chi connectivity index (χ3v) is 2.23. The standard InChI is InChI=1S/C11H14N4O/c1-12-10-8-4-2-3-5-9(8)14-11(15-10)13-6-7-16/h2-5,16H,6-7H2,1H3,(H2,12,13,14,15). The van der Waals surface area contributed by atoms with Gasteiger partial charge >= 0.3 is 0 Å². The molecule has 5 heteroatoms. The van der Waals surface area contributed by atoms with Crippen LogP contribution in [0.1, 0.15) is 0 Å². The van der Waals surface area contributed by atoms with E-state index in [4.69, 9.17) is 5.11 Å². The van der Waals surface area contributed by atoms with Gasteiger partial charge < -0.3 is 15.7 Å². The topological polar surface area (TPSA) is 70.1 Å². The summed E-state index contributed by atoms with van der Waals surface area (Å²) in [6, 6.07) is 7.79. The number of aromatic nitrogens is 2. The van der Waals surface area contributed by atoms with Gasteiger partial charge in [-0.3, -0.25) is 0 Å². The van der Waals surface area contributed by atoms with Crippen LogP contribution in [0.15, 0.2) is 24.3 Å². The Labute approximate surface area is 93.5 Å². The van der Waals surface area contributed by atoms with Gasteiger partial charge in [-0.25, -0.2) is 4.98 Å². The van der Waals surface area contributed by atoms with Crippen LogP contribution >= 0.6 is 0 Å². The van der Waals surface area contributed by atoms with Gasteiger partial charge in [0.15, 0.2) is 0 Å². The van der Waals surface area contributed by atoms with E-state index >= 15 is 0 Å². The van der Waals surface area contributed by atoms with Crippen molar-refractivity contribution >= 4 is 22.7 Å². The van der Waals surface area contributed by atoms with Gasteiger partial charge in [-0.2, -0.15) is 4.98 Å². The maximum atomic E-state index is 8.73. The zero-order valence-corrected chi connectivity index (χ0v) is 9.07. The molecule has 0 radical (unpaired) electrons. The van der Waals surface area contributed by atoms with Crippen LogP contribution in [0.3, 0.4) is 0 Å². The first-order valence-electron chi connectivity index (χ1n) is 5.14. The fourth-order valence-corrected chi connectivity index (χ4v) is 1.51. The van der Waals surface area contributed by atoms with E-state index < -0.39 is 0 Å². The molecule has 1 aromatic carbocycles. The van der Waals surface area contributed by atoms with Crippen molar-refractivity contribution in [1.29, 1.82) is 0 Å². The minimum atomic E-state index is 0.0606. The van der Waals surface area contributed by atoms with Gasteiger partial charge in [0, 0.05) is 19.0 Å². The second-order valence-corrected chi connectivity index (χ2v) is 3.31. The molecule has 0 bridgehead atoms. The minimum absolute atomic E-state index is 0.0606. The first kappa shape index (κ1) is 10.6. The van der Waals surface area contributed by atoms with Crippen molar-refractivity contribution in [1.82, 2.24) is 9.97 Å². The summed E-state index contributed by atoms with van der Waals surface area (Å²) in [5.74, 6) is 1.31. The van der Waals surface area contributed by atoms with Crippen LogP contribution in [0.25, 0.3) is 10.9 Å². The monoisotopic (exact) mass is 218 g/mol. The molecule has 0 spiro atoms. The molecule has 5 nitrogen and oxygen atoms in total. The van der Waals surface area contributed by atoms with Gasteiger partial charge in [-0.15, -0.1) is 0 Å². The molecule has 0 saturated carbocycles. The smallest absolute Gasteiger partial charge is 0.225 e. The molecular weight excluding hydrogens is 204 g/mol. The van der Waals surface area contributed by atoms with Crippen LogP contribution in [0.2, 0.25) is 0 Å². The molecule has 16 heavy (non-hydrogen) atoms. The number of benzene rings is 1. The Morgan fingerprint density at radius 2 is 2.06 bits per heavy atom. The molecule has 0 unspecified atom stereocenters. The zero-order valence-electron chi connectivity index (χ0n) is 9.07. The van der Waals surface area contributed by atoms with Crippen LogP contribution in [0.4, 0.5) is 11.8 Å². The van der Waals surface area contributed by atoms with Crippen LogP contribution in [0, 0.1) is 0 Å². The molecule has 2 rings (SSSR count). The van der Waals surface area contributed by atoms with Gasteiger partial charge in [0.2, 0.25) is 5.95 Å². The summed E-state index contributed by atoms with van der Waals surface area (Å²) < 4.78 is 0. The molecule has 0 aliphatic carbocycles. The van der Waals surface area contributed by atoms with E-state index in [-0.39, 0.29) is 6.61 Å². The van der Waals surface area contributed by atoms with E-state index in [9.17, 15) is 0 Å². The molecule has 0 amide bonds.